The number of nitrogens with two attached hydrogens (primary N) is 1. The van der Waals surface area contributed by atoms with Crippen LogP contribution in [-0.2, 0) is 20.9 Å². The summed E-state index contributed by atoms with van der Waals surface area (Å²) in [6, 6.07) is 5.21. The van der Waals surface area contributed by atoms with Gasteiger partial charge in [-0.15, -0.1) is 0 Å². The largest absolute Gasteiger partial charge is 0.342 e. The van der Waals surface area contributed by atoms with E-state index in [-0.39, 0.29) is 35.6 Å². The molecule has 1 aromatic carbocycles. The molecule has 37 heavy (non-hydrogen) atoms. The smallest absolute Gasteiger partial charge is 0.255 e. The first-order chi connectivity index (χ1) is 17.8. The van der Waals surface area contributed by atoms with E-state index in [0.29, 0.717) is 30.4 Å². The highest BCUT2D eigenvalue weighted by Gasteiger charge is 2.54. The van der Waals surface area contributed by atoms with Gasteiger partial charge in [0.2, 0.25) is 17.7 Å². The molecule has 5 aliphatic rings. The highest BCUT2D eigenvalue weighted by atomic mass is 16.2. The van der Waals surface area contributed by atoms with Crippen molar-refractivity contribution in [1.82, 2.24) is 15.1 Å². The first-order valence-electron chi connectivity index (χ1n) is 13.7. The maximum Gasteiger partial charge on any atom is 0.255 e. The predicted octanol–water partition coefficient (Wildman–Crippen LogP) is 1.95. The Kier molecular flexibility index (Phi) is 6.07. The van der Waals surface area contributed by atoms with E-state index in [2.05, 4.69) is 22.1 Å². The van der Waals surface area contributed by atoms with Crippen molar-refractivity contribution in [2.45, 2.75) is 76.4 Å². The van der Waals surface area contributed by atoms with Gasteiger partial charge >= 0.3 is 0 Å². The summed E-state index contributed by atoms with van der Waals surface area (Å²) in [6.07, 6.45) is 7.39. The summed E-state index contributed by atoms with van der Waals surface area (Å²) in [5, 5.41) is 2.35. The van der Waals surface area contributed by atoms with Gasteiger partial charge in [0.25, 0.3) is 5.91 Å². The molecule has 2 saturated carbocycles. The molecule has 194 valence electrons. The zero-order valence-corrected chi connectivity index (χ0v) is 21.1. The Bertz CT molecular complexity index is 1210. The number of nitrogens with one attached hydrogen (secondary N) is 1. The molecule has 8 nitrogen and oxygen atoms in total. The molecule has 4 fully saturated rings. The number of nitrogens with zero attached hydrogens (tertiary/aromatic N) is 2. The van der Waals surface area contributed by atoms with Crippen LogP contribution in [0.3, 0.4) is 0 Å². The van der Waals surface area contributed by atoms with Crippen LogP contribution in [0.2, 0.25) is 0 Å². The molecule has 2 saturated heterocycles. The van der Waals surface area contributed by atoms with Crippen LogP contribution in [-0.4, -0.2) is 58.6 Å². The Morgan fingerprint density at radius 3 is 2.54 bits per heavy atom. The van der Waals surface area contributed by atoms with Gasteiger partial charge in [-0.05, 0) is 74.5 Å². The Morgan fingerprint density at radius 1 is 1.05 bits per heavy atom. The third kappa shape index (κ3) is 4.44. The molecule has 0 aromatic heterocycles. The fourth-order valence-corrected chi connectivity index (χ4v) is 6.77. The molecule has 4 amide bonds. The molecule has 1 aromatic rings. The van der Waals surface area contributed by atoms with E-state index in [1.807, 2.05) is 12.1 Å². The molecule has 1 spiro atoms. The summed E-state index contributed by atoms with van der Waals surface area (Å²) < 4.78 is 0. The number of benzene rings is 1. The summed E-state index contributed by atoms with van der Waals surface area (Å²) in [6.45, 7) is 1.97. The molecule has 0 bridgehead atoms. The monoisotopic (exact) mass is 502 g/mol. The number of fused-ring (bicyclic) bond motifs is 1. The van der Waals surface area contributed by atoms with Crippen molar-refractivity contribution in [1.29, 1.82) is 0 Å². The van der Waals surface area contributed by atoms with Gasteiger partial charge in [0.1, 0.15) is 6.04 Å². The van der Waals surface area contributed by atoms with Crippen LogP contribution in [0, 0.1) is 29.1 Å². The number of likely N-dealkylation sites (tertiary alicyclic amines) is 1. The number of hydrogen-bond donors (Lipinski definition) is 2. The third-order valence-corrected chi connectivity index (χ3v) is 9.34. The van der Waals surface area contributed by atoms with Crippen molar-refractivity contribution in [3.63, 3.8) is 0 Å². The van der Waals surface area contributed by atoms with Crippen molar-refractivity contribution in [3.05, 3.63) is 34.9 Å². The van der Waals surface area contributed by atoms with Crippen LogP contribution in [0.1, 0.15) is 79.3 Å². The first kappa shape index (κ1) is 24.2. The Labute approximate surface area is 217 Å². The Hall–Kier alpha value is -3.18. The maximum absolute atomic E-state index is 13.1. The fraction of sp³-hybridized carbons (Fsp3) is 0.586. The summed E-state index contributed by atoms with van der Waals surface area (Å²) in [7, 11) is 0. The van der Waals surface area contributed by atoms with Gasteiger partial charge in [-0.25, -0.2) is 0 Å². The average Bonchev–Trinajstić information content (AvgIpc) is 3.45. The quantitative estimate of drug-likeness (QED) is 0.474. The highest BCUT2D eigenvalue weighted by Crippen LogP contribution is 2.59. The predicted molar refractivity (Wildman–Crippen MR) is 136 cm³/mol. The number of piperidine rings is 2. The second kappa shape index (κ2) is 9.29. The SMILES string of the molecule is NC1CCC(C(=O)N2CCC3(CC2)C[C@@H]3C#Cc2cccc3c2CN(C2CCC(=O)NC2=O)C3=O)CC1. The van der Waals surface area contributed by atoms with Crippen molar-refractivity contribution < 1.29 is 19.2 Å². The lowest BCUT2D eigenvalue weighted by atomic mass is 9.84. The van der Waals surface area contributed by atoms with Gasteiger partial charge in [-0.1, -0.05) is 17.9 Å². The molecule has 3 heterocycles. The van der Waals surface area contributed by atoms with Crippen molar-refractivity contribution >= 4 is 23.6 Å². The van der Waals surface area contributed by atoms with Crippen LogP contribution < -0.4 is 11.1 Å². The normalized spacial score (nSPS) is 30.5. The van der Waals surface area contributed by atoms with E-state index < -0.39 is 11.9 Å². The molecular weight excluding hydrogens is 468 g/mol. The van der Waals surface area contributed by atoms with Crippen LogP contribution in [0.25, 0.3) is 0 Å². The summed E-state index contributed by atoms with van der Waals surface area (Å²) >= 11 is 0. The minimum atomic E-state index is -0.622. The van der Waals surface area contributed by atoms with E-state index in [4.69, 9.17) is 5.73 Å². The number of carbonyl (C=O) groups is 4. The van der Waals surface area contributed by atoms with E-state index in [1.54, 1.807) is 11.0 Å². The molecule has 2 atom stereocenters. The second-order valence-corrected chi connectivity index (χ2v) is 11.6. The van der Waals surface area contributed by atoms with E-state index in [0.717, 1.165) is 69.2 Å². The van der Waals surface area contributed by atoms with Crippen LogP contribution in [0.15, 0.2) is 18.2 Å². The summed E-state index contributed by atoms with van der Waals surface area (Å²) in [5.74, 6) is 6.75. The van der Waals surface area contributed by atoms with Gasteiger partial charge in [0.05, 0.1) is 0 Å². The van der Waals surface area contributed by atoms with Gasteiger partial charge in [-0.3, -0.25) is 24.5 Å². The highest BCUT2D eigenvalue weighted by molar-refractivity contribution is 6.05. The van der Waals surface area contributed by atoms with E-state index in [9.17, 15) is 19.2 Å². The number of rotatable bonds is 2. The van der Waals surface area contributed by atoms with Gasteiger partial charge in [-0.2, -0.15) is 0 Å². The fourth-order valence-electron chi connectivity index (χ4n) is 6.77. The number of imide groups is 1. The average molecular weight is 503 g/mol. The van der Waals surface area contributed by atoms with Crippen LogP contribution in [0.5, 0.6) is 0 Å². The molecule has 1 unspecified atom stereocenters. The molecule has 6 rings (SSSR count). The van der Waals surface area contributed by atoms with E-state index >= 15 is 0 Å². The molecule has 3 N–H and O–H groups in total. The maximum atomic E-state index is 13.1. The molecule has 3 aliphatic heterocycles. The number of amides is 4. The van der Waals surface area contributed by atoms with Crippen LogP contribution >= 0.6 is 0 Å². The van der Waals surface area contributed by atoms with Gasteiger partial charge in [0, 0.05) is 55.1 Å². The lowest BCUT2D eigenvalue weighted by Gasteiger charge is -2.36. The number of carbonyl (C=O) groups excluding carboxylic acids is 4. The minimum Gasteiger partial charge on any atom is -0.342 e. The van der Waals surface area contributed by atoms with Crippen molar-refractivity contribution in [2.75, 3.05) is 13.1 Å². The number of hydrogen-bond acceptors (Lipinski definition) is 5. The van der Waals surface area contributed by atoms with E-state index in [1.165, 1.54) is 0 Å². The molecule has 2 aliphatic carbocycles. The molecular formula is C29H34N4O4. The zero-order valence-electron chi connectivity index (χ0n) is 21.1. The van der Waals surface area contributed by atoms with Crippen molar-refractivity contribution in [3.8, 4) is 11.8 Å². The Morgan fingerprint density at radius 2 is 1.81 bits per heavy atom. The lowest BCUT2D eigenvalue weighted by Crippen LogP contribution is -2.52. The first-order valence-corrected chi connectivity index (χ1v) is 13.7. The molecule has 8 heteroatoms. The van der Waals surface area contributed by atoms with Crippen LogP contribution in [0.4, 0.5) is 0 Å². The standard InChI is InChI=1S/C29H34N4O4/c30-21-8-5-19(6-9-21)27(36)32-14-12-29(13-15-32)16-20(29)7-4-18-2-1-3-22-23(18)17-33(28(22)37)24-10-11-25(34)31-26(24)35/h1-3,19-21,24H,5-6,8-17,30H2,(H,31,34,35)/t19?,20-,21?,24?/m0/s1. The summed E-state index contributed by atoms with van der Waals surface area (Å²) in [4.78, 5) is 53.6. The van der Waals surface area contributed by atoms with Gasteiger partial charge in [0.15, 0.2) is 0 Å². The Balaban J connectivity index is 1.09. The summed E-state index contributed by atoms with van der Waals surface area (Å²) in [5.41, 5.74) is 8.52. The topological polar surface area (TPSA) is 113 Å². The van der Waals surface area contributed by atoms with Gasteiger partial charge < -0.3 is 15.5 Å². The minimum absolute atomic E-state index is 0.145. The lowest BCUT2D eigenvalue weighted by molar-refractivity contribution is -0.138. The van der Waals surface area contributed by atoms with Crippen molar-refractivity contribution in [2.24, 2.45) is 23.0 Å². The molecule has 0 radical (unpaired) electrons. The second-order valence-electron chi connectivity index (χ2n) is 11.6. The third-order valence-electron chi connectivity index (χ3n) is 9.34. The zero-order chi connectivity index (χ0) is 25.7.